The molecular formula is C10H22N2O2. The number of hydrogen-bond donors (Lipinski definition) is 2. The van der Waals surface area contributed by atoms with Gasteiger partial charge in [-0.05, 0) is 19.8 Å². The van der Waals surface area contributed by atoms with Crippen LogP contribution in [0.2, 0.25) is 0 Å². The first-order valence-corrected chi connectivity index (χ1v) is 5.35. The van der Waals surface area contributed by atoms with Crippen LogP contribution < -0.4 is 11.1 Å². The lowest BCUT2D eigenvalue weighted by Gasteiger charge is -2.23. The van der Waals surface area contributed by atoms with E-state index in [1.165, 1.54) is 0 Å². The molecule has 84 valence electrons. The minimum absolute atomic E-state index is 0.273. The fraction of sp³-hybridized carbons (Fsp3) is 1.00. The van der Waals surface area contributed by atoms with Gasteiger partial charge < -0.3 is 20.5 Å². The van der Waals surface area contributed by atoms with Gasteiger partial charge in [-0.2, -0.15) is 0 Å². The van der Waals surface area contributed by atoms with E-state index in [0.717, 1.165) is 26.0 Å². The third kappa shape index (κ3) is 3.53. The molecule has 0 aromatic carbocycles. The van der Waals surface area contributed by atoms with Crippen LogP contribution in [0.15, 0.2) is 0 Å². The average molecular weight is 202 g/mol. The Balaban J connectivity index is 2.23. The molecule has 0 bridgehead atoms. The van der Waals surface area contributed by atoms with Gasteiger partial charge in [0.15, 0.2) is 0 Å². The zero-order chi connectivity index (χ0) is 10.4. The van der Waals surface area contributed by atoms with Gasteiger partial charge in [0.1, 0.15) is 0 Å². The predicted octanol–water partition coefficient (Wildman–Crippen LogP) is 0.117. The number of hydrogen-bond acceptors (Lipinski definition) is 4. The molecule has 3 atom stereocenters. The van der Waals surface area contributed by atoms with E-state index in [9.17, 15) is 0 Å². The number of methoxy groups -OCH3 is 1. The van der Waals surface area contributed by atoms with E-state index >= 15 is 0 Å². The number of nitrogens with one attached hydrogen (secondary N) is 1. The van der Waals surface area contributed by atoms with E-state index in [0.29, 0.717) is 12.6 Å². The predicted molar refractivity (Wildman–Crippen MR) is 56.3 cm³/mol. The number of ether oxygens (including phenoxy) is 2. The summed E-state index contributed by atoms with van der Waals surface area (Å²) >= 11 is 0. The Morgan fingerprint density at radius 3 is 2.86 bits per heavy atom. The molecule has 1 aliphatic heterocycles. The molecule has 1 aliphatic rings. The van der Waals surface area contributed by atoms with Crippen LogP contribution in [0.4, 0.5) is 0 Å². The molecule has 0 saturated carbocycles. The monoisotopic (exact) mass is 202 g/mol. The maximum absolute atomic E-state index is 5.76. The number of nitrogens with two attached hydrogens (primary N) is 1. The van der Waals surface area contributed by atoms with E-state index in [2.05, 4.69) is 12.2 Å². The Labute approximate surface area is 86.1 Å². The van der Waals surface area contributed by atoms with Gasteiger partial charge in [0.25, 0.3) is 0 Å². The highest BCUT2D eigenvalue weighted by molar-refractivity contribution is 4.83. The standard InChI is InChI=1S/C10H22N2O2/c1-8-3-4-10(14-8)9(7-11)12-5-6-13-2/h8-10,12H,3-7,11H2,1-2H3. The van der Waals surface area contributed by atoms with Crippen LogP contribution in [0, 0.1) is 0 Å². The van der Waals surface area contributed by atoms with Crippen molar-refractivity contribution in [2.45, 2.75) is 38.0 Å². The van der Waals surface area contributed by atoms with Crippen molar-refractivity contribution in [1.82, 2.24) is 5.32 Å². The molecule has 4 heteroatoms. The first kappa shape index (κ1) is 11.9. The van der Waals surface area contributed by atoms with Crippen LogP contribution in [-0.2, 0) is 9.47 Å². The molecule has 3 N–H and O–H groups in total. The maximum Gasteiger partial charge on any atom is 0.0744 e. The third-order valence-electron chi connectivity index (χ3n) is 2.68. The summed E-state index contributed by atoms with van der Waals surface area (Å²) in [5.41, 5.74) is 5.70. The summed E-state index contributed by atoms with van der Waals surface area (Å²) < 4.78 is 10.7. The van der Waals surface area contributed by atoms with E-state index in [1.54, 1.807) is 7.11 Å². The summed E-state index contributed by atoms with van der Waals surface area (Å²) in [5, 5.41) is 3.36. The summed E-state index contributed by atoms with van der Waals surface area (Å²) in [6.07, 6.45) is 2.93. The second-order valence-electron chi connectivity index (χ2n) is 3.85. The fourth-order valence-corrected chi connectivity index (χ4v) is 1.84. The van der Waals surface area contributed by atoms with Gasteiger partial charge in [-0.25, -0.2) is 0 Å². The highest BCUT2D eigenvalue weighted by Gasteiger charge is 2.28. The second-order valence-corrected chi connectivity index (χ2v) is 3.85. The van der Waals surface area contributed by atoms with Crippen LogP contribution in [0.5, 0.6) is 0 Å². The summed E-state index contributed by atoms with van der Waals surface area (Å²) in [5.74, 6) is 0. The van der Waals surface area contributed by atoms with E-state index < -0.39 is 0 Å². The molecule has 1 saturated heterocycles. The van der Waals surface area contributed by atoms with Crippen LogP contribution in [0.25, 0.3) is 0 Å². The van der Waals surface area contributed by atoms with Crippen molar-refractivity contribution in [3.63, 3.8) is 0 Å². The molecule has 0 aliphatic carbocycles. The summed E-state index contributed by atoms with van der Waals surface area (Å²) in [6.45, 7) is 4.30. The molecule has 3 unspecified atom stereocenters. The second kappa shape index (κ2) is 6.35. The normalized spacial score (nSPS) is 29.4. The molecule has 4 nitrogen and oxygen atoms in total. The molecule has 1 fully saturated rings. The largest absolute Gasteiger partial charge is 0.383 e. The molecule has 0 radical (unpaired) electrons. The van der Waals surface area contributed by atoms with Crippen molar-refractivity contribution < 1.29 is 9.47 Å². The first-order valence-electron chi connectivity index (χ1n) is 5.35. The van der Waals surface area contributed by atoms with Crippen molar-refractivity contribution in [2.75, 3.05) is 26.8 Å². The highest BCUT2D eigenvalue weighted by Crippen LogP contribution is 2.21. The molecular weight excluding hydrogens is 180 g/mol. The van der Waals surface area contributed by atoms with E-state index in [1.807, 2.05) is 0 Å². The molecule has 0 aromatic rings. The van der Waals surface area contributed by atoms with Gasteiger partial charge in [0.05, 0.1) is 18.8 Å². The molecule has 0 aromatic heterocycles. The van der Waals surface area contributed by atoms with Gasteiger partial charge >= 0.3 is 0 Å². The van der Waals surface area contributed by atoms with Crippen LogP contribution >= 0.6 is 0 Å². The number of rotatable bonds is 6. The summed E-state index contributed by atoms with van der Waals surface area (Å²) in [6, 6.07) is 0.273. The lowest BCUT2D eigenvalue weighted by molar-refractivity contribution is 0.0324. The topological polar surface area (TPSA) is 56.5 Å². The molecule has 14 heavy (non-hydrogen) atoms. The Bertz CT molecular complexity index is 155. The zero-order valence-corrected chi connectivity index (χ0v) is 9.16. The van der Waals surface area contributed by atoms with Crippen LogP contribution in [0.3, 0.4) is 0 Å². The Morgan fingerprint density at radius 1 is 1.57 bits per heavy atom. The Morgan fingerprint density at radius 2 is 2.36 bits per heavy atom. The molecule has 0 amide bonds. The summed E-state index contributed by atoms with van der Waals surface area (Å²) in [7, 11) is 1.70. The minimum Gasteiger partial charge on any atom is -0.383 e. The van der Waals surface area contributed by atoms with Crippen LogP contribution in [-0.4, -0.2) is 45.1 Å². The molecule has 1 heterocycles. The zero-order valence-electron chi connectivity index (χ0n) is 9.16. The molecule has 1 rings (SSSR count). The Hall–Kier alpha value is -0.160. The fourth-order valence-electron chi connectivity index (χ4n) is 1.84. The first-order chi connectivity index (χ1) is 6.77. The third-order valence-corrected chi connectivity index (χ3v) is 2.68. The van der Waals surface area contributed by atoms with Crippen molar-refractivity contribution >= 4 is 0 Å². The van der Waals surface area contributed by atoms with Crippen molar-refractivity contribution in [3.05, 3.63) is 0 Å². The minimum atomic E-state index is 0.273. The van der Waals surface area contributed by atoms with Gasteiger partial charge in [0, 0.05) is 26.2 Å². The van der Waals surface area contributed by atoms with Gasteiger partial charge in [-0.1, -0.05) is 0 Å². The summed E-state index contributed by atoms with van der Waals surface area (Å²) in [4.78, 5) is 0. The van der Waals surface area contributed by atoms with E-state index in [-0.39, 0.29) is 12.1 Å². The van der Waals surface area contributed by atoms with E-state index in [4.69, 9.17) is 15.2 Å². The Kier molecular flexibility index (Phi) is 5.40. The smallest absolute Gasteiger partial charge is 0.0744 e. The van der Waals surface area contributed by atoms with Crippen molar-refractivity contribution in [2.24, 2.45) is 5.73 Å². The van der Waals surface area contributed by atoms with Gasteiger partial charge in [-0.3, -0.25) is 0 Å². The van der Waals surface area contributed by atoms with Crippen LogP contribution in [0.1, 0.15) is 19.8 Å². The van der Waals surface area contributed by atoms with Gasteiger partial charge in [0.2, 0.25) is 0 Å². The lowest BCUT2D eigenvalue weighted by atomic mass is 10.1. The van der Waals surface area contributed by atoms with Crippen molar-refractivity contribution in [1.29, 1.82) is 0 Å². The maximum atomic E-state index is 5.76. The SMILES string of the molecule is COCCNC(CN)C1CCC(C)O1. The molecule has 0 spiro atoms. The highest BCUT2D eigenvalue weighted by atomic mass is 16.5. The van der Waals surface area contributed by atoms with Crippen molar-refractivity contribution in [3.8, 4) is 0 Å². The quantitative estimate of drug-likeness (QED) is 0.601. The lowest BCUT2D eigenvalue weighted by Crippen LogP contribution is -2.46. The van der Waals surface area contributed by atoms with Gasteiger partial charge in [-0.15, -0.1) is 0 Å². The average Bonchev–Trinajstić information content (AvgIpc) is 2.60.